The molecule has 0 amide bonds. The monoisotopic (exact) mass is 201 g/mol. The molecular formula is C12H15N3. The summed E-state index contributed by atoms with van der Waals surface area (Å²) in [6, 6.07) is 3.66. The van der Waals surface area contributed by atoms with Gasteiger partial charge in [-0.2, -0.15) is 0 Å². The summed E-state index contributed by atoms with van der Waals surface area (Å²) in [4.78, 5) is 3.98. The van der Waals surface area contributed by atoms with Crippen LogP contribution >= 0.6 is 0 Å². The van der Waals surface area contributed by atoms with Gasteiger partial charge < -0.3 is 5.41 Å². The summed E-state index contributed by atoms with van der Waals surface area (Å²) in [5.74, 6) is 0. The second kappa shape index (κ2) is 4.64. The zero-order chi connectivity index (χ0) is 11.4. The van der Waals surface area contributed by atoms with Gasteiger partial charge in [0.15, 0.2) is 0 Å². The topological polar surface area (TPSA) is 60.6 Å². The minimum Gasteiger partial charge on any atom is -0.305 e. The van der Waals surface area contributed by atoms with Crippen LogP contribution in [0.5, 0.6) is 0 Å². The van der Waals surface area contributed by atoms with Gasteiger partial charge in [0.25, 0.3) is 0 Å². The van der Waals surface area contributed by atoms with E-state index in [0.717, 1.165) is 16.7 Å². The highest BCUT2D eigenvalue weighted by Gasteiger charge is 2.07. The number of aromatic nitrogens is 1. The fraction of sp³-hybridized carbons (Fsp3) is 0.250. The molecule has 78 valence electrons. The van der Waals surface area contributed by atoms with Crippen molar-refractivity contribution in [1.29, 1.82) is 10.8 Å². The Morgan fingerprint density at radius 3 is 2.27 bits per heavy atom. The largest absolute Gasteiger partial charge is 0.305 e. The van der Waals surface area contributed by atoms with Crippen LogP contribution < -0.4 is 0 Å². The lowest BCUT2D eigenvalue weighted by Crippen LogP contribution is -2.06. The second-order valence-corrected chi connectivity index (χ2v) is 3.49. The highest BCUT2D eigenvalue weighted by atomic mass is 14.6. The third-order valence-corrected chi connectivity index (χ3v) is 2.45. The molecule has 0 aromatic carbocycles. The van der Waals surface area contributed by atoms with Crippen molar-refractivity contribution in [2.75, 3.05) is 0 Å². The van der Waals surface area contributed by atoms with Crippen molar-refractivity contribution < 1.29 is 0 Å². The molecule has 0 saturated carbocycles. The van der Waals surface area contributed by atoms with Crippen molar-refractivity contribution in [2.24, 2.45) is 0 Å². The van der Waals surface area contributed by atoms with Crippen LogP contribution in [0.2, 0.25) is 0 Å². The summed E-state index contributed by atoms with van der Waals surface area (Å²) in [5, 5.41) is 15.5. The Labute approximate surface area is 89.9 Å². The standard InChI is InChI=1S/C12H15N3/c1-8(10(3)13)9(2)12(14)11-5-4-6-15-7-11/h4-7,13-14H,1-3H3/b9-8-,13-10?,14-12?. The van der Waals surface area contributed by atoms with Gasteiger partial charge in [-0.3, -0.25) is 10.4 Å². The summed E-state index contributed by atoms with van der Waals surface area (Å²) in [6.07, 6.45) is 3.35. The van der Waals surface area contributed by atoms with Gasteiger partial charge in [0.1, 0.15) is 0 Å². The van der Waals surface area contributed by atoms with Crippen molar-refractivity contribution >= 4 is 11.4 Å². The van der Waals surface area contributed by atoms with Crippen molar-refractivity contribution in [1.82, 2.24) is 4.98 Å². The van der Waals surface area contributed by atoms with Crippen LogP contribution in [0.1, 0.15) is 26.3 Å². The Morgan fingerprint density at radius 2 is 1.80 bits per heavy atom. The smallest absolute Gasteiger partial charge is 0.0660 e. The number of nitrogens with one attached hydrogen (secondary N) is 2. The average molecular weight is 201 g/mol. The van der Waals surface area contributed by atoms with E-state index in [0.29, 0.717) is 11.4 Å². The van der Waals surface area contributed by atoms with E-state index in [1.807, 2.05) is 26.0 Å². The van der Waals surface area contributed by atoms with E-state index >= 15 is 0 Å². The lowest BCUT2D eigenvalue weighted by atomic mass is 9.99. The molecule has 0 bridgehead atoms. The molecule has 1 rings (SSSR count). The first kappa shape index (κ1) is 11.3. The van der Waals surface area contributed by atoms with Gasteiger partial charge in [-0.1, -0.05) is 0 Å². The first-order valence-electron chi connectivity index (χ1n) is 4.76. The molecular weight excluding hydrogens is 186 g/mol. The molecule has 0 aliphatic rings. The third-order valence-electron chi connectivity index (χ3n) is 2.45. The van der Waals surface area contributed by atoms with Gasteiger partial charge in [-0.25, -0.2) is 0 Å². The number of allylic oxidation sites excluding steroid dienone is 2. The summed E-state index contributed by atoms with van der Waals surface area (Å²) >= 11 is 0. The van der Waals surface area contributed by atoms with Crippen LogP contribution in [-0.2, 0) is 0 Å². The molecule has 0 unspecified atom stereocenters. The first-order valence-corrected chi connectivity index (χ1v) is 4.76. The summed E-state index contributed by atoms with van der Waals surface area (Å²) in [5.41, 5.74) is 3.41. The summed E-state index contributed by atoms with van der Waals surface area (Å²) in [7, 11) is 0. The van der Waals surface area contributed by atoms with E-state index < -0.39 is 0 Å². The maximum Gasteiger partial charge on any atom is 0.0660 e. The number of hydrogen-bond acceptors (Lipinski definition) is 3. The molecule has 0 fully saturated rings. The van der Waals surface area contributed by atoms with Gasteiger partial charge in [-0.05, 0) is 44.1 Å². The lowest BCUT2D eigenvalue weighted by molar-refractivity contribution is 1.29. The SMILES string of the molecule is CC(=N)/C(C)=C(/C)C(=N)c1cccnc1. The van der Waals surface area contributed by atoms with Crippen LogP contribution in [0, 0.1) is 10.8 Å². The normalized spacial score (nSPS) is 11.9. The fourth-order valence-electron chi connectivity index (χ4n) is 1.20. The highest BCUT2D eigenvalue weighted by molar-refractivity contribution is 6.14. The Morgan fingerprint density at radius 1 is 1.13 bits per heavy atom. The van der Waals surface area contributed by atoms with E-state index in [1.54, 1.807) is 19.3 Å². The van der Waals surface area contributed by atoms with E-state index in [-0.39, 0.29) is 0 Å². The van der Waals surface area contributed by atoms with Crippen LogP contribution in [0.4, 0.5) is 0 Å². The quantitative estimate of drug-likeness (QED) is 0.726. The number of pyridine rings is 1. The summed E-state index contributed by atoms with van der Waals surface area (Å²) in [6.45, 7) is 5.46. The lowest BCUT2D eigenvalue weighted by Gasteiger charge is -2.08. The zero-order valence-corrected chi connectivity index (χ0v) is 9.26. The van der Waals surface area contributed by atoms with Crippen molar-refractivity contribution in [3.63, 3.8) is 0 Å². The van der Waals surface area contributed by atoms with Crippen LogP contribution in [-0.4, -0.2) is 16.4 Å². The molecule has 0 aliphatic heterocycles. The molecule has 0 saturated heterocycles. The van der Waals surface area contributed by atoms with E-state index in [9.17, 15) is 0 Å². The summed E-state index contributed by atoms with van der Waals surface area (Å²) < 4.78 is 0. The van der Waals surface area contributed by atoms with Crippen molar-refractivity contribution in [3.05, 3.63) is 41.2 Å². The minimum absolute atomic E-state index is 0.437. The van der Waals surface area contributed by atoms with Crippen molar-refractivity contribution in [3.8, 4) is 0 Å². The number of rotatable bonds is 3. The fourth-order valence-corrected chi connectivity index (χ4v) is 1.20. The Balaban J connectivity index is 3.07. The molecule has 15 heavy (non-hydrogen) atoms. The molecule has 3 heteroatoms. The minimum atomic E-state index is 0.437. The third kappa shape index (κ3) is 2.59. The number of hydrogen-bond donors (Lipinski definition) is 2. The zero-order valence-electron chi connectivity index (χ0n) is 9.26. The predicted octanol–water partition coefficient (Wildman–Crippen LogP) is 2.83. The van der Waals surface area contributed by atoms with Crippen LogP contribution in [0.3, 0.4) is 0 Å². The first-order chi connectivity index (χ1) is 7.04. The molecule has 0 aliphatic carbocycles. The molecule has 0 radical (unpaired) electrons. The maximum atomic E-state index is 7.96. The van der Waals surface area contributed by atoms with Crippen LogP contribution in [0.25, 0.3) is 0 Å². The molecule has 0 spiro atoms. The molecule has 0 atom stereocenters. The van der Waals surface area contributed by atoms with E-state index in [2.05, 4.69) is 4.98 Å². The molecule has 1 aromatic heterocycles. The van der Waals surface area contributed by atoms with Gasteiger partial charge >= 0.3 is 0 Å². The van der Waals surface area contributed by atoms with E-state index in [1.165, 1.54) is 0 Å². The van der Waals surface area contributed by atoms with E-state index in [4.69, 9.17) is 10.8 Å². The van der Waals surface area contributed by atoms with Gasteiger partial charge in [0.2, 0.25) is 0 Å². The molecule has 3 nitrogen and oxygen atoms in total. The van der Waals surface area contributed by atoms with Gasteiger partial charge in [0.05, 0.1) is 5.71 Å². The Hall–Kier alpha value is -1.77. The predicted molar refractivity (Wildman–Crippen MR) is 62.8 cm³/mol. The second-order valence-electron chi connectivity index (χ2n) is 3.49. The highest BCUT2D eigenvalue weighted by Crippen LogP contribution is 2.11. The van der Waals surface area contributed by atoms with Gasteiger partial charge in [-0.15, -0.1) is 0 Å². The Kier molecular flexibility index (Phi) is 3.50. The van der Waals surface area contributed by atoms with Crippen LogP contribution in [0.15, 0.2) is 35.7 Å². The Bertz CT molecular complexity index is 416. The molecule has 2 N–H and O–H groups in total. The van der Waals surface area contributed by atoms with Gasteiger partial charge in [0, 0.05) is 23.7 Å². The average Bonchev–Trinajstić information content (AvgIpc) is 2.27. The van der Waals surface area contributed by atoms with Crippen molar-refractivity contribution in [2.45, 2.75) is 20.8 Å². The molecule has 1 aromatic rings. The molecule has 1 heterocycles. The maximum absolute atomic E-state index is 7.96. The number of nitrogens with zero attached hydrogens (tertiary/aromatic N) is 1.